The Hall–Kier alpha value is -0.790. The number of amides is 1. The topological polar surface area (TPSA) is 29.1 Å². The molecule has 178 valence electrons. The Balaban J connectivity index is 3.23. The van der Waals surface area contributed by atoms with E-state index in [9.17, 15) is 4.79 Å². The van der Waals surface area contributed by atoms with Crippen molar-refractivity contribution in [3.8, 4) is 0 Å². The lowest BCUT2D eigenvalue weighted by atomic mass is 9.89. The quantitative estimate of drug-likeness (QED) is 0.145. The Morgan fingerprint density at radius 1 is 0.667 bits per heavy atom. The fraction of sp³-hybridized carbons (Fsp3) is 0.893. The highest BCUT2D eigenvalue weighted by Crippen LogP contribution is 2.22. The van der Waals surface area contributed by atoms with E-state index in [1.165, 1.54) is 103 Å². The van der Waals surface area contributed by atoms with Gasteiger partial charge in [0, 0.05) is 13.0 Å². The molecular formula is C28H55NO. The smallest absolute Gasteiger partial charge is 0.219 e. The van der Waals surface area contributed by atoms with E-state index in [0.717, 1.165) is 19.4 Å². The van der Waals surface area contributed by atoms with E-state index in [2.05, 4.69) is 45.2 Å². The number of carbonyl (C=O) groups excluding carboxylic acids is 1. The molecule has 1 N–H and O–H groups in total. The number of rotatable bonds is 21. The highest BCUT2D eigenvalue weighted by Gasteiger charge is 2.09. The molecule has 0 saturated heterocycles. The molecule has 0 rings (SSSR count). The molecule has 0 aromatic heterocycles. The van der Waals surface area contributed by atoms with Gasteiger partial charge in [-0.15, -0.1) is 0 Å². The third kappa shape index (κ3) is 25.2. The Kier molecular flexibility index (Phi) is 20.9. The van der Waals surface area contributed by atoms with Gasteiger partial charge in [0.25, 0.3) is 0 Å². The van der Waals surface area contributed by atoms with Crippen molar-refractivity contribution >= 4 is 5.91 Å². The zero-order chi connectivity index (χ0) is 22.3. The number of hydrogen-bond donors (Lipinski definition) is 1. The monoisotopic (exact) mass is 421 g/mol. The van der Waals surface area contributed by atoms with Gasteiger partial charge in [0.1, 0.15) is 0 Å². The molecule has 0 aliphatic heterocycles. The zero-order valence-electron chi connectivity index (χ0n) is 21.2. The molecule has 0 bridgehead atoms. The first-order valence-electron chi connectivity index (χ1n) is 13.4. The van der Waals surface area contributed by atoms with Crippen LogP contribution in [0.4, 0.5) is 0 Å². The predicted molar refractivity (Wildman–Crippen MR) is 135 cm³/mol. The number of unbranched alkanes of at least 4 members (excludes halogenated alkanes) is 14. The zero-order valence-corrected chi connectivity index (χ0v) is 21.2. The Bertz CT molecular complexity index is 394. The van der Waals surface area contributed by atoms with E-state index in [0.29, 0.717) is 11.8 Å². The number of nitrogens with one attached hydrogen (secondary N) is 1. The lowest BCUT2D eigenvalue weighted by Crippen LogP contribution is -2.23. The van der Waals surface area contributed by atoms with Crippen LogP contribution in [0.5, 0.6) is 0 Å². The van der Waals surface area contributed by atoms with Crippen molar-refractivity contribution in [1.82, 2.24) is 5.32 Å². The predicted octanol–water partition coefficient (Wildman–Crippen LogP) is 9.14. The maximum atomic E-state index is 11.8. The van der Waals surface area contributed by atoms with Crippen LogP contribution in [-0.2, 0) is 4.79 Å². The van der Waals surface area contributed by atoms with E-state index < -0.39 is 0 Å². The van der Waals surface area contributed by atoms with Crippen LogP contribution in [0.15, 0.2) is 12.2 Å². The van der Waals surface area contributed by atoms with Crippen LogP contribution in [-0.4, -0.2) is 12.5 Å². The summed E-state index contributed by atoms with van der Waals surface area (Å²) in [6, 6.07) is 0. The normalized spacial score (nSPS) is 12.0. The van der Waals surface area contributed by atoms with Crippen LogP contribution in [0, 0.1) is 5.41 Å². The second-order valence-corrected chi connectivity index (χ2v) is 10.4. The lowest BCUT2D eigenvalue weighted by molar-refractivity contribution is -0.121. The maximum Gasteiger partial charge on any atom is 0.219 e. The van der Waals surface area contributed by atoms with Gasteiger partial charge in [0.05, 0.1) is 0 Å². The van der Waals surface area contributed by atoms with Gasteiger partial charge in [0.15, 0.2) is 0 Å². The van der Waals surface area contributed by atoms with Gasteiger partial charge in [-0.05, 0) is 50.4 Å². The fourth-order valence-electron chi connectivity index (χ4n) is 3.81. The molecule has 0 unspecified atom stereocenters. The van der Waals surface area contributed by atoms with Crippen molar-refractivity contribution in [2.24, 2.45) is 5.41 Å². The molecule has 0 spiro atoms. The summed E-state index contributed by atoms with van der Waals surface area (Å²) in [6.45, 7) is 10.0. The molecule has 2 heteroatoms. The third-order valence-electron chi connectivity index (χ3n) is 5.84. The first kappa shape index (κ1) is 29.2. The fourth-order valence-corrected chi connectivity index (χ4v) is 3.81. The summed E-state index contributed by atoms with van der Waals surface area (Å²) in [5.74, 6) is 0.249. The second kappa shape index (κ2) is 21.4. The highest BCUT2D eigenvalue weighted by atomic mass is 16.1. The molecule has 0 atom stereocenters. The average molecular weight is 422 g/mol. The summed E-state index contributed by atoms with van der Waals surface area (Å²) in [7, 11) is 0. The SMILES string of the molecule is CCCCCCCCC=CCCCCCCCCNC(=O)CCCCCC(C)(C)C. The van der Waals surface area contributed by atoms with Crippen LogP contribution in [0.3, 0.4) is 0 Å². The summed E-state index contributed by atoms with van der Waals surface area (Å²) in [6.07, 6.45) is 28.8. The molecule has 0 aromatic rings. The standard InChI is InChI=1S/C28H55NO/c1-5-6-7-8-9-10-11-12-13-14-15-16-17-18-19-23-26-29-27(30)24-21-20-22-25-28(2,3)4/h12-13H,5-11,14-26H2,1-4H3,(H,29,30). The largest absolute Gasteiger partial charge is 0.356 e. The molecule has 0 radical (unpaired) electrons. The number of allylic oxidation sites excluding steroid dienone is 2. The van der Waals surface area contributed by atoms with Crippen LogP contribution in [0.2, 0.25) is 0 Å². The van der Waals surface area contributed by atoms with Crippen LogP contribution >= 0.6 is 0 Å². The Morgan fingerprint density at radius 3 is 1.73 bits per heavy atom. The minimum atomic E-state index is 0.249. The summed E-state index contributed by atoms with van der Waals surface area (Å²) >= 11 is 0. The van der Waals surface area contributed by atoms with Gasteiger partial charge >= 0.3 is 0 Å². The summed E-state index contributed by atoms with van der Waals surface area (Å²) in [5, 5.41) is 3.09. The summed E-state index contributed by atoms with van der Waals surface area (Å²) in [4.78, 5) is 11.8. The third-order valence-corrected chi connectivity index (χ3v) is 5.84. The molecule has 0 heterocycles. The molecule has 0 saturated carbocycles. The number of carbonyl (C=O) groups is 1. The van der Waals surface area contributed by atoms with E-state index in [4.69, 9.17) is 0 Å². The minimum absolute atomic E-state index is 0.249. The van der Waals surface area contributed by atoms with E-state index in [1.807, 2.05) is 0 Å². The average Bonchev–Trinajstić information content (AvgIpc) is 2.69. The van der Waals surface area contributed by atoms with E-state index in [1.54, 1.807) is 0 Å². The van der Waals surface area contributed by atoms with Crippen molar-refractivity contribution < 1.29 is 4.79 Å². The summed E-state index contributed by atoms with van der Waals surface area (Å²) in [5.41, 5.74) is 0.423. The van der Waals surface area contributed by atoms with Crippen LogP contribution in [0.25, 0.3) is 0 Å². The van der Waals surface area contributed by atoms with Gasteiger partial charge in [-0.2, -0.15) is 0 Å². The van der Waals surface area contributed by atoms with Gasteiger partial charge < -0.3 is 5.32 Å². The van der Waals surface area contributed by atoms with Crippen LogP contribution < -0.4 is 5.32 Å². The highest BCUT2D eigenvalue weighted by molar-refractivity contribution is 5.75. The van der Waals surface area contributed by atoms with Crippen molar-refractivity contribution in [3.63, 3.8) is 0 Å². The Labute approximate surface area is 190 Å². The van der Waals surface area contributed by atoms with Crippen LogP contribution in [0.1, 0.15) is 150 Å². The maximum absolute atomic E-state index is 11.8. The molecule has 0 aliphatic carbocycles. The van der Waals surface area contributed by atoms with Gasteiger partial charge in [-0.1, -0.05) is 110 Å². The number of hydrogen-bond acceptors (Lipinski definition) is 1. The lowest BCUT2D eigenvalue weighted by Gasteiger charge is -2.17. The first-order chi connectivity index (χ1) is 14.5. The van der Waals surface area contributed by atoms with Crippen molar-refractivity contribution in [2.75, 3.05) is 6.54 Å². The van der Waals surface area contributed by atoms with E-state index in [-0.39, 0.29) is 5.91 Å². The van der Waals surface area contributed by atoms with Gasteiger partial charge in [-0.3, -0.25) is 4.79 Å². The van der Waals surface area contributed by atoms with Crippen molar-refractivity contribution in [1.29, 1.82) is 0 Å². The molecule has 0 aromatic carbocycles. The molecule has 2 nitrogen and oxygen atoms in total. The van der Waals surface area contributed by atoms with Crippen molar-refractivity contribution in [2.45, 2.75) is 150 Å². The van der Waals surface area contributed by atoms with Gasteiger partial charge in [-0.25, -0.2) is 0 Å². The molecule has 1 amide bonds. The van der Waals surface area contributed by atoms with Gasteiger partial charge in [0.2, 0.25) is 5.91 Å². The minimum Gasteiger partial charge on any atom is -0.356 e. The van der Waals surface area contributed by atoms with E-state index >= 15 is 0 Å². The Morgan fingerprint density at radius 2 is 1.17 bits per heavy atom. The van der Waals surface area contributed by atoms with Crippen molar-refractivity contribution in [3.05, 3.63) is 12.2 Å². The second-order valence-electron chi connectivity index (χ2n) is 10.4. The molecule has 0 aliphatic rings. The first-order valence-corrected chi connectivity index (χ1v) is 13.4. The molecule has 0 fully saturated rings. The molecule has 30 heavy (non-hydrogen) atoms. The summed E-state index contributed by atoms with van der Waals surface area (Å²) < 4.78 is 0. The molecular weight excluding hydrogens is 366 g/mol.